The highest BCUT2D eigenvalue weighted by atomic mass is 16.6. The van der Waals surface area contributed by atoms with Crippen molar-refractivity contribution in [2.45, 2.75) is 31.7 Å². The molecule has 1 fully saturated rings. The molecule has 0 unspecified atom stereocenters. The summed E-state index contributed by atoms with van der Waals surface area (Å²) >= 11 is 0. The van der Waals surface area contributed by atoms with Crippen molar-refractivity contribution in [1.29, 1.82) is 0 Å². The van der Waals surface area contributed by atoms with Crippen molar-refractivity contribution in [2.24, 2.45) is 0 Å². The highest BCUT2D eigenvalue weighted by Gasteiger charge is 2.20. The van der Waals surface area contributed by atoms with Crippen molar-refractivity contribution in [3.05, 3.63) is 28.3 Å². The molecule has 5 nitrogen and oxygen atoms in total. The maximum atomic E-state index is 11.0. The van der Waals surface area contributed by atoms with Crippen molar-refractivity contribution in [1.82, 2.24) is 0 Å². The standard InChI is InChI=1S/C12H17N3O2/c1-13-10-6-7-11(12(8-10)15(16)17)14-9-4-2-3-5-9/h6-9,13-14H,2-5H2,1H3. The number of nitro groups is 1. The highest BCUT2D eigenvalue weighted by molar-refractivity contribution is 5.68. The van der Waals surface area contributed by atoms with Gasteiger partial charge in [0.15, 0.2) is 0 Å². The van der Waals surface area contributed by atoms with Crippen LogP contribution in [0.1, 0.15) is 25.7 Å². The summed E-state index contributed by atoms with van der Waals surface area (Å²) in [6.45, 7) is 0. The molecule has 2 rings (SSSR count). The van der Waals surface area contributed by atoms with E-state index in [1.54, 1.807) is 19.2 Å². The topological polar surface area (TPSA) is 67.2 Å². The Balaban J connectivity index is 2.22. The third kappa shape index (κ3) is 2.67. The molecule has 0 spiro atoms. The van der Waals surface area contributed by atoms with Crippen LogP contribution in [-0.2, 0) is 0 Å². The second kappa shape index (κ2) is 5.03. The van der Waals surface area contributed by atoms with Crippen molar-refractivity contribution in [3.8, 4) is 0 Å². The third-order valence-electron chi connectivity index (χ3n) is 3.20. The van der Waals surface area contributed by atoms with Crippen LogP contribution in [0.25, 0.3) is 0 Å². The fourth-order valence-corrected chi connectivity index (χ4v) is 2.25. The van der Waals surface area contributed by atoms with E-state index in [1.807, 2.05) is 6.07 Å². The number of rotatable bonds is 4. The zero-order chi connectivity index (χ0) is 12.3. The Morgan fingerprint density at radius 2 is 2.06 bits per heavy atom. The largest absolute Gasteiger partial charge is 0.388 e. The van der Waals surface area contributed by atoms with E-state index < -0.39 is 0 Å². The number of nitrogens with one attached hydrogen (secondary N) is 2. The Hall–Kier alpha value is -1.78. The molecule has 0 radical (unpaired) electrons. The molecule has 2 N–H and O–H groups in total. The maximum Gasteiger partial charge on any atom is 0.294 e. The first-order valence-electron chi connectivity index (χ1n) is 5.93. The van der Waals surface area contributed by atoms with Gasteiger partial charge in [0, 0.05) is 24.8 Å². The molecule has 0 saturated heterocycles. The van der Waals surface area contributed by atoms with E-state index in [1.165, 1.54) is 12.8 Å². The molecule has 17 heavy (non-hydrogen) atoms. The van der Waals surface area contributed by atoms with E-state index in [9.17, 15) is 10.1 Å². The van der Waals surface area contributed by atoms with Gasteiger partial charge in [-0.05, 0) is 25.0 Å². The third-order valence-corrected chi connectivity index (χ3v) is 3.20. The lowest BCUT2D eigenvalue weighted by atomic mass is 10.2. The number of hydrogen-bond acceptors (Lipinski definition) is 4. The predicted molar refractivity (Wildman–Crippen MR) is 68.5 cm³/mol. The molecule has 1 aromatic carbocycles. The number of nitrogens with zero attached hydrogens (tertiary/aromatic N) is 1. The van der Waals surface area contributed by atoms with Gasteiger partial charge in [0.2, 0.25) is 0 Å². The van der Waals surface area contributed by atoms with E-state index in [0.29, 0.717) is 11.7 Å². The van der Waals surface area contributed by atoms with Crippen LogP contribution in [0.15, 0.2) is 18.2 Å². The molecular formula is C12H17N3O2. The normalized spacial score (nSPS) is 15.8. The smallest absolute Gasteiger partial charge is 0.294 e. The zero-order valence-corrected chi connectivity index (χ0v) is 9.90. The second-order valence-electron chi connectivity index (χ2n) is 4.36. The molecule has 1 aromatic rings. The molecule has 1 saturated carbocycles. The van der Waals surface area contributed by atoms with Gasteiger partial charge in [0.25, 0.3) is 5.69 Å². The van der Waals surface area contributed by atoms with E-state index >= 15 is 0 Å². The predicted octanol–water partition coefficient (Wildman–Crippen LogP) is 2.99. The zero-order valence-electron chi connectivity index (χ0n) is 9.90. The fraction of sp³-hybridized carbons (Fsp3) is 0.500. The molecule has 0 aromatic heterocycles. The average molecular weight is 235 g/mol. The van der Waals surface area contributed by atoms with Crippen molar-refractivity contribution >= 4 is 17.1 Å². The summed E-state index contributed by atoms with van der Waals surface area (Å²) in [5, 5.41) is 17.2. The fourth-order valence-electron chi connectivity index (χ4n) is 2.25. The summed E-state index contributed by atoms with van der Waals surface area (Å²) in [6.07, 6.45) is 4.62. The molecular weight excluding hydrogens is 218 g/mol. The molecule has 1 aliphatic rings. The number of anilines is 2. The summed E-state index contributed by atoms with van der Waals surface area (Å²) in [7, 11) is 1.75. The molecule has 0 aliphatic heterocycles. The van der Waals surface area contributed by atoms with Gasteiger partial charge in [-0.25, -0.2) is 0 Å². The summed E-state index contributed by atoms with van der Waals surface area (Å²) < 4.78 is 0. The summed E-state index contributed by atoms with van der Waals surface area (Å²) in [4.78, 5) is 10.7. The van der Waals surface area contributed by atoms with Crippen LogP contribution in [0.4, 0.5) is 17.1 Å². The quantitative estimate of drug-likeness (QED) is 0.622. The van der Waals surface area contributed by atoms with Crippen molar-refractivity contribution in [3.63, 3.8) is 0 Å². The molecule has 5 heteroatoms. The Labute approximate surface area is 100 Å². The molecule has 0 heterocycles. The van der Waals surface area contributed by atoms with E-state index in [2.05, 4.69) is 10.6 Å². The van der Waals surface area contributed by atoms with Crippen LogP contribution in [0.3, 0.4) is 0 Å². The Kier molecular flexibility index (Phi) is 3.46. The number of nitro benzene ring substituents is 1. The summed E-state index contributed by atoms with van der Waals surface area (Å²) in [5.41, 5.74) is 1.53. The summed E-state index contributed by atoms with van der Waals surface area (Å²) in [6, 6.07) is 5.58. The average Bonchev–Trinajstić information content (AvgIpc) is 2.82. The minimum Gasteiger partial charge on any atom is -0.388 e. The Morgan fingerprint density at radius 3 is 2.65 bits per heavy atom. The number of hydrogen-bond donors (Lipinski definition) is 2. The van der Waals surface area contributed by atoms with Gasteiger partial charge >= 0.3 is 0 Å². The lowest BCUT2D eigenvalue weighted by Gasteiger charge is -2.14. The second-order valence-corrected chi connectivity index (χ2v) is 4.36. The monoisotopic (exact) mass is 235 g/mol. The first kappa shape index (κ1) is 11.7. The first-order chi connectivity index (χ1) is 8.20. The SMILES string of the molecule is CNc1ccc(NC2CCCC2)c([N+](=O)[O-])c1. The highest BCUT2D eigenvalue weighted by Crippen LogP contribution is 2.31. The van der Waals surface area contributed by atoms with Gasteiger partial charge in [0.05, 0.1) is 4.92 Å². The van der Waals surface area contributed by atoms with Crippen molar-refractivity contribution < 1.29 is 4.92 Å². The van der Waals surface area contributed by atoms with Gasteiger partial charge in [-0.1, -0.05) is 12.8 Å². The van der Waals surface area contributed by atoms with Crippen LogP contribution in [-0.4, -0.2) is 18.0 Å². The molecule has 0 atom stereocenters. The van der Waals surface area contributed by atoms with Crippen LogP contribution >= 0.6 is 0 Å². The minimum atomic E-state index is -0.335. The van der Waals surface area contributed by atoms with E-state index in [0.717, 1.165) is 18.5 Å². The lowest BCUT2D eigenvalue weighted by molar-refractivity contribution is -0.383. The maximum absolute atomic E-state index is 11.0. The van der Waals surface area contributed by atoms with Crippen LogP contribution in [0, 0.1) is 10.1 Å². The van der Waals surface area contributed by atoms with E-state index in [4.69, 9.17) is 0 Å². The molecule has 0 bridgehead atoms. The lowest BCUT2D eigenvalue weighted by Crippen LogP contribution is -2.15. The molecule has 0 amide bonds. The van der Waals surface area contributed by atoms with Gasteiger partial charge in [0.1, 0.15) is 5.69 Å². The van der Waals surface area contributed by atoms with Crippen molar-refractivity contribution in [2.75, 3.05) is 17.7 Å². The van der Waals surface area contributed by atoms with Gasteiger partial charge < -0.3 is 10.6 Å². The van der Waals surface area contributed by atoms with Gasteiger partial charge in [-0.2, -0.15) is 0 Å². The summed E-state index contributed by atoms with van der Waals surface area (Å²) in [5.74, 6) is 0. The minimum absolute atomic E-state index is 0.142. The Bertz CT molecular complexity index is 414. The van der Waals surface area contributed by atoms with Crippen LogP contribution in [0.5, 0.6) is 0 Å². The molecule has 1 aliphatic carbocycles. The number of benzene rings is 1. The van der Waals surface area contributed by atoms with Gasteiger partial charge in [-0.3, -0.25) is 10.1 Å². The Morgan fingerprint density at radius 1 is 1.35 bits per heavy atom. The van der Waals surface area contributed by atoms with E-state index in [-0.39, 0.29) is 10.6 Å². The van der Waals surface area contributed by atoms with Gasteiger partial charge in [-0.15, -0.1) is 0 Å². The van der Waals surface area contributed by atoms with Crippen LogP contribution in [0.2, 0.25) is 0 Å². The van der Waals surface area contributed by atoms with Crippen LogP contribution < -0.4 is 10.6 Å². The molecule has 92 valence electrons. The first-order valence-corrected chi connectivity index (χ1v) is 5.93.